The largest absolute Gasteiger partial charge is 0.378 e. The second kappa shape index (κ2) is 6.83. The number of nitrogens with one attached hydrogen (secondary N) is 1. The second-order valence-electron chi connectivity index (χ2n) is 5.31. The molecule has 110 valence electrons. The number of carbonyl (C=O) groups excluding carboxylic acids is 1. The molecule has 1 aliphatic rings. The number of hydrogen-bond donors (Lipinski definition) is 2. The third-order valence-electron chi connectivity index (χ3n) is 3.34. The number of hydrogen-bond acceptors (Lipinski definition) is 4. The summed E-state index contributed by atoms with van der Waals surface area (Å²) >= 11 is 0. The van der Waals surface area contributed by atoms with E-state index >= 15 is 0 Å². The number of amides is 1. The van der Waals surface area contributed by atoms with Crippen LogP contribution in [-0.2, 0) is 9.53 Å². The fourth-order valence-electron chi connectivity index (χ4n) is 2.49. The van der Waals surface area contributed by atoms with Crippen molar-refractivity contribution < 1.29 is 14.6 Å². The van der Waals surface area contributed by atoms with Gasteiger partial charge in [-0.05, 0) is 19.4 Å². The van der Waals surface area contributed by atoms with E-state index in [1.165, 1.54) is 0 Å². The van der Waals surface area contributed by atoms with Crippen LogP contribution in [0.1, 0.15) is 25.5 Å². The Balaban J connectivity index is 1.83. The van der Waals surface area contributed by atoms with Crippen molar-refractivity contribution in [1.29, 1.82) is 0 Å². The minimum Gasteiger partial charge on any atom is -0.378 e. The normalized spacial score (nSPS) is 25.1. The number of rotatable bonds is 4. The summed E-state index contributed by atoms with van der Waals surface area (Å²) in [6.07, 6.45) is -0.795. The van der Waals surface area contributed by atoms with Gasteiger partial charge in [0.15, 0.2) is 6.10 Å². The number of ether oxygens (including phenoxy) is 1. The molecule has 0 spiro atoms. The van der Waals surface area contributed by atoms with Gasteiger partial charge in [-0.1, -0.05) is 30.3 Å². The van der Waals surface area contributed by atoms with Crippen molar-refractivity contribution in [3.8, 4) is 0 Å². The molecule has 1 aromatic rings. The highest BCUT2D eigenvalue weighted by molar-refractivity contribution is 5.81. The van der Waals surface area contributed by atoms with E-state index in [4.69, 9.17) is 4.74 Å². The molecule has 5 nitrogen and oxygen atoms in total. The third-order valence-corrected chi connectivity index (χ3v) is 3.34. The SMILES string of the molecule is C[C@@H]1CN(CNC(=O)[C@H](O)c2ccccc2)C[C@@H](C)O1. The molecule has 1 fully saturated rings. The molecule has 2 N–H and O–H groups in total. The van der Waals surface area contributed by atoms with E-state index in [1.54, 1.807) is 24.3 Å². The number of nitrogens with zero attached hydrogens (tertiary/aromatic N) is 1. The van der Waals surface area contributed by atoms with Crippen molar-refractivity contribution in [2.24, 2.45) is 0 Å². The molecule has 1 aromatic carbocycles. The molecule has 0 unspecified atom stereocenters. The smallest absolute Gasteiger partial charge is 0.254 e. The average Bonchev–Trinajstić information content (AvgIpc) is 2.44. The molecule has 1 aliphatic heterocycles. The number of morpholine rings is 1. The Morgan fingerprint density at radius 1 is 1.35 bits per heavy atom. The van der Waals surface area contributed by atoms with Gasteiger partial charge in [-0.25, -0.2) is 0 Å². The zero-order valence-electron chi connectivity index (χ0n) is 12.0. The van der Waals surface area contributed by atoms with E-state index in [0.717, 1.165) is 13.1 Å². The van der Waals surface area contributed by atoms with Crippen molar-refractivity contribution in [2.45, 2.75) is 32.2 Å². The molecule has 0 saturated carbocycles. The van der Waals surface area contributed by atoms with Crippen LogP contribution in [0.2, 0.25) is 0 Å². The molecule has 2 rings (SSSR count). The highest BCUT2D eigenvalue weighted by atomic mass is 16.5. The average molecular weight is 278 g/mol. The Labute approximate surface area is 119 Å². The number of aliphatic hydroxyl groups is 1. The monoisotopic (exact) mass is 278 g/mol. The summed E-state index contributed by atoms with van der Waals surface area (Å²) in [6, 6.07) is 8.94. The number of aliphatic hydroxyl groups excluding tert-OH is 1. The quantitative estimate of drug-likeness (QED) is 0.859. The van der Waals surface area contributed by atoms with Gasteiger partial charge in [0.1, 0.15) is 0 Å². The molecule has 0 bridgehead atoms. The first kappa shape index (κ1) is 15.0. The van der Waals surface area contributed by atoms with E-state index in [9.17, 15) is 9.90 Å². The van der Waals surface area contributed by atoms with Gasteiger partial charge >= 0.3 is 0 Å². The van der Waals surface area contributed by atoms with E-state index in [-0.39, 0.29) is 18.1 Å². The van der Waals surface area contributed by atoms with Crippen LogP contribution >= 0.6 is 0 Å². The minimum atomic E-state index is -1.12. The lowest BCUT2D eigenvalue weighted by atomic mass is 10.1. The first-order valence-corrected chi connectivity index (χ1v) is 6.95. The van der Waals surface area contributed by atoms with E-state index in [2.05, 4.69) is 10.2 Å². The first-order valence-electron chi connectivity index (χ1n) is 6.95. The summed E-state index contributed by atoms with van der Waals surface area (Å²) in [5, 5.41) is 12.7. The molecule has 0 radical (unpaired) electrons. The Kier molecular flexibility index (Phi) is 5.11. The topological polar surface area (TPSA) is 61.8 Å². The van der Waals surface area contributed by atoms with Gasteiger partial charge in [-0.15, -0.1) is 0 Å². The predicted molar refractivity (Wildman–Crippen MR) is 76.0 cm³/mol. The Bertz CT molecular complexity index is 428. The van der Waals surface area contributed by atoms with Gasteiger partial charge in [-0.2, -0.15) is 0 Å². The maximum absolute atomic E-state index is 11.9. The molecule has 5 heteroatoms. The molecule has 3 atom stereocenters. The number of carbonyl (C=O) groups is 1. The summed E-state index contributed by atoms with van der Waals surface area (Å²) < 4.78 is 5.64. The summed E-state index contributed by atoms with van der Waals surface area (Å²) in [4.78, 5) is 14.0. The lowest BCUT2D eigenvalue weighted by Crippen LogP contribution is -2.50. The summed E-state index contributed by atoms with van der Waals surface area (Å²) in [7, 11) is 0. The van der Waals surface area contributed by atoms with Crippen LogP contribution in [0.25, 0.3) is 0 Å². The van der Waals surface area contributed by atoms with Crippen molar-refractivity contribution in [3.63, 3.8) is 0 Å². The van der Waals surface area contributed by atoms with Gasteiger partial charge in [-0.3, -0.25) is 9.69 Å². The highest BCUT2D eigenvalue weighted by Crippen LogP contribution is 2.13. The van der Waals surface area contributed by atoms with Gasteiger partial charge < -0.3 is 15.2 Å². The number of benzene rings is 1. The van der Waals surface area contributed by atoms with Crippen molar-refractivity contribution in [1.82, 2.24) is 10.2 Å². The van der Waals surface area contributed by atoms with Crippen LogP contribution in [0.4, 0.5) is 0 Å². The first-order chi connectivity index (χ1) is 9.56. The van der Waals surface area contributed by atoms with Crippen LogP contribution in [0.5, 0.6) is 0 Å². The highest BCUT2D eigenvalue weighted by Gasteiger charge is 2.23. The summed E-state index contributed by atoms with van der Waals surface area (Å²) in [6.45, 7) is 6.03. The van der Waals surface area contributed by atoms with Gasteiger partial charge in [0.2, 0.25) is 0 Å². The van der Waals surface area contributed by atoms with Crippen LogP contribution in [0.3, 0.4) is 0 Å². The van der Waals surface area contributed by atoms with Gasteiger partial charge in [0.05, 0.1) is 18.9 Å². The molecule has 1 saturated heterocycles. The van der Waals surface area contributed by atoms with E-state index in [1.807, 2.05) is 19.9 Å². The molecule has 20 heavy (non-hydrogen) atoms. The van der Waals surface area contributed by atoms with Crippen LogP contribution in [0, 0.1) is 0 Å². The molecule has 1 heterocycles. The Hall–Kier alpha value is -1.43. The van der Waals surface area contributed by atoms with Crippen LogP contribution in [-0.4, -0.2) is 47.9 Å². The molecule has 0 aromatic heterocycles. The molecular formula is C15H22N2O3. The standard InChI is InChI=1S/C15H22N2O3/c1-11-8-17(9-12(2)20-11)10-16-15(19)14(18)13-6-4-3-5-7-13/h3-7,11-12,14,18H,8-10H2,1-2H3,(H,16,19)/t11-,12-,14-/m1/s1. The van der Waals surface area contributed by atoms with Gasteiger partial charge in [0, 0.05) is 13.1 Å². The third kappa shape index (κ3) is 4.03. The summed E-state index contributed by atoms with van der Waals surface area (Å²) in [5.74, 6) is -0.372. The lowest BCUT2D eigenvalue weighted by Gasteiger charge is -2.35. The molecular weight excluding hydrogens is 256 g/mol. The molecule has 1 amide bonds. The summed E-state index contributed by atoms with van der Waals surface area (Å²) in [5.41, 5.74) is 0.605. The zero-order valence-corrected chi connectivity index (χ0v) is 12.0. The Morgan fingerprint density at radius 2 is 1.95 bits per heavy atom. The van der Waals surface area contributed by atoms with Crippen molar-refractivity contribution in [3.05, 3.63) is 35.9 Å². The maximum Gasteiger partial charge on any atom is 0.254 e. The predicted octanol–water partition coefficient (Wildman–Crippen LogP) is 0.903. The minimum absolute atomic E-state index is 0.162. The lowest BCUT2D eigenvalue weighted by molar-refractivity contribution is -0.131. The molecule has 0 aliphatic carbocycles. The van der Waals surface area contributed by atoms with E-state index < -0.39 is 6.10 Å². The van der Waals surface area contributed by atoms with Crippen LogP contribution < -0.4 is 5.32 Å². The van der Waals surface area contributed by atoms with E-state index in [0.29, 0.717) is 12.2 Å². The van der Waals surface area contributed by atoms with Crippen molar-refractivity contribution >= 4 is 5.91 Å². The second-order valence-corrected chi connectivity index (χ2v) is 5.31. The van der Waals surface area contributed by atoms with Gasteiger partial charge in [0.25, 0.3) is 5.91 Å². The zero-order chi connectivity index (χ0) is 14.5. The maximum atomic E-state index is 11.9. The van der Waals surface area contributed by atoms with Crippen molar-refractivity contribution in [2.75, 3.05) is 19.8 Å². The van der Waals surface area contributed by atoms with Crippen LogP contribution in [0.15, 0.2) is 30.3 Å². The fraction of sp³-hybridized carbons (Fsp3) is 0.533. The fourth-order valence-corrected chi connectivity index (χ4v) is 2.49. The Morgan fingerprint density at radius 3 is 2.55 bits per heavy atom.